The van der Waals surface area contributed by atoms with Gasteiger partial charge in [-0.05, 0) is 31.0 Å². The summed E-state index contributed by atoms with van der Waals surface area (Å²) in [6.45, 7) is 5.63. The second-order valence-corrected chi connectivity index (χ2v) is 7.20. The Labute approximate surface area is 169 Å². The van der Waals surface area contributed by atoms with Gasteiger partial charge >= 0.3 is 0 Å². The van der Waals surface area contributed by atoms with Crippen molar-refractivity contribution in [2.24, 2.45) is 5.73 Å². The van der Waals surface area contributed by atoms with Crippen molar-refractivity contribution in [3.63, 3.8) is 0 Å². The highest BCUT2D eigenvalue weighted by atomic mass is 16.5. The third-order valence-electron chi connectivity index (χ3n) is 5.27. The van der Waals surface area contributed by atoms with Crippen LogP contribution in [0.25, 0.3) is 11.2 Å². The summed E-state index contributed by atoms with van der Waals surface area (Å²) in [5, 5.41) is 4.73. The fourth-order valence-electron chi connectivity index (χ4n) is 3.79. The first kappa shape index (κ1) is 19.5. The van der Waals surface area contributed by atoms with Crippen LogP contribution in [0.4, 0.5) is 0 Å². The van der Waals surface area contributed by atoms with Crippen molar-refractivity contribution in [1.82, 2.24) is 24.6 Å². The Morgan fingerprint density at radius 1 is 1.24 bits per heavy atom. The third kappa shape index (κ3) is 3.99. The molecule has 1 atom stereocenters. The van der Waals surface area contributed by atoms with Crippen molar-refractivity contribution in [3.05, 3.63) is 53.5 Å². The summed E-state index contributed by atoms with van der Waals surface area (Å²) in [5.41, 5.74) is 9.94. The minimum absolute atomic E-state index is 0.0484. The lowest BCUT2D eigenvalue weighted by Crippen LogP contribution is -2.28. The van der Waals surface area contributed by atoms with Gasteiger partial charge in [0.2, 0.25) is 0 Å². The number of carbonyl (C=O) groups excluding carboxylic acids is 1. The highest BCUT2D eigenvalue weighted by Gasteiger charge is 2.31. The molecule has 2 N–H and O–H groups in total. The number of likely N-dealkylation sites (tertiary alicyclic amines) is 1. The lowest BCUT2D eigenvalue weighted by atomic mass is 10.0. The topological polar surface area (TPSA) is 99.2 Å². The highest BCUT2D eigenvalue weighted by Crippen LogP contribution is 2.31. The Bertz CT molecular complexity index is 985. The summed E-state index contributed by atoms with van der Waals surface area (Å²) < 4.78 is 7.23. The summed E-state index contributed by atoms with van der Waals surface area (Å²) >= 11 is 0. The number of amides is 1. The Morgan fingerprint density at radius 2 is 2.03 bits per heavy atom. The van der Waals surface area contributed by atoms with Crippen molar-refractivity contribution in [3.8, 4) is 0 Å². The van der Waals surface area contributed by atoms with Gasteiger partial charge < -0.3 is 15.4 Å². The molecule has 1 aliphatic heterocycles. The van der Waals surface area contributed by atoms with E-state index in [2.05, 4.69) is 9.97 Å². The lowest BCUT2D eigenvalue weighted by Gasteiger charge is -2.16. The number of ether oxygens (including phenoxy) is 1. The maximum Gasteiger partial charge on any atom is 0.253 e. The minimum atomic E-state index is 0.0484. The van der Waals surface area contributed by atoms with E-state index in [9.17, 15) is 4.79 Å². The second-order valence-electron chi connectivity index (χ2n) is 7.20. The molecule has 2 aromatic heterocycles. The van der Waals surface area contributed by atoms with Gasteiger partial charge in [-0.15, -0.1) is 0 Å². The highest BCUT2D eigenvalue weighted by molar-refractivity contribution is 5.94. The molecule has 29 heavy (non-hydrogen) atoms. The van der Waals surface area contributed by atoms with Crippen molar-refractivity contribution in [2.75, 3.05) is 26.2 Å². The molecule has 4 rings (SSSR count). The van der Waals surface area contributed by atoms with Crippen molar-refractivity contribution in [2.45, 2.75) is 32.4 Å². The first-order valence-corrected chi connectivity index (χ1v) is 10.0. The van der Waals surface area contributed by atoms with Crippen LogP contribution in [0.15, 0.2) is 36.7 Å². The van der Waals surface area contributed by atoms with Crippen LogP contribution in [0.3, 0.4) is 0 Å². The zero-order valence-electron chi connectivity index (χ0n) is 16.6. The van der Waals surface area contributed by atoms with Gasteiger partial charge in [-0.1, -0.05) is 12.1 Å². The number of aromatic nitrogens is 4. The molecule has 1 amide bonds. The summed E-state index contributed by atoms with van der Waals surface area (Å²) in [5.74, 6) is 0.196. The molecule has 1 aromatic carbocycles. The molecule has 1 fully saturated rings. The average molecular weight is 394 g/mol. The lowest BCUT2D eigenvalue weighted by molar-refractivity contribution is 0.0790. The smallest absolute Gasteiger partial charge is 0.253 e. The molecule has 152 valence electrons. The normalized spacial score (nSPS) is 16.6. The van der Waals surface area contributed by atoms with Gasteiger partial charge in [-0.3, -0.25) is 4.79 Å². The molecular weight excluding hydrogens is 368 g/mol. The van der Waals surface area contributed by atoms with Crippen LogP contribution in [0, 0.1) is 0 Å². The van der Waals surface area contributed by atoms with E-state index in [0.717, 1.165) is 28.8 Å². The monoisotopic (exact) mass is 394 g/mol. The maximum absolute atomic E-state index is 12.9. The molecule has 1 unspecified atom stereocenters. The van der Waals surface area contributed by atoms with Crippen LogP contribution in [0.2, 0.25) is 0 Å². The summed E-state index contributed by atoms with van der Waals surface area (Å²) in [6.07, 6.45) is 4.21. The zero-order valence-corrected chi connectivity index (χ0v) is 16.6. The predicted molar refractivity (Wildman–Crippen MR) is 109 cm³/mol. The molecule has 0 bridgehead atoms. The van der Waals surface area contributed by atoms with Crippen LogP contribution < -0.4 is 5.73 Å². The van der Waals surface area contributed by atoms with Gasteiger partial charge in [-0.2, -0.15) is 5.10 Å². The summed E-state index contributed by atoms with van der Waals surface area (Å²) in [6, 6.07) is 7.66. The first-order chi connectivity index (χ1) is 14.2. The molecule has 3 aromatic rings. The van der Waals surface area contributed by atoms with E-state index in [4.69, 9.17) is 15.6 Å². The van der Waals surface area contributed by atoms with E-state index in [1.165, 1.54) is 0 Å². The van der Waals surface area contributed by atoms with E-state index < -0.39 is 0 Å². The number of nitrogens with two attached hydrogens (primary N) is 1. The van der Waals surface area contributed by atoms with Gasteiger partial charge in [0, 0.05) is 50.1 Å². The predicted octanol–water partition coefficient (Wildman–Crippen LogP) is 1.95. The second kappa shape index (κ2) is 8.67. The average Bonchev–Trinajstić information content (AvgIpc) is 3.38. The van der Waals surface area contributed by atoms with Crippen LogP contribution >= 0.6 is 0 Å². The standard InChI is InChI=1S/C21H26N6O2/c1-2-29-14-15-3-5-16(6-4-15)21(28)26-11-7-17(13-26)18-19-20(24-10-9-23-19)27(25-18)12-8-22/h3-6,9-10,17H,2,7-8,11-14,22H2,1H3. The minimum Gasteiger partial charge on any atom is -0.377 e. The van der Waals surface area contributed by atoms with Crippen molar-refractivity contribution in [1.29, 1.82) is 0 Å². The fraction of sp³-hybridized carbons (Fsp3) is 0.429. The summed E-state index contributed by atoms with van der Waals surface area (Å²) in [4.78, 5) is 23.7. The molecule has 1 saturated heterocycles. The number of benzene rings is 1. The Morgan fingerprint density at radius 3 is 2.79 bits per heavy atom. The SMILES string of the molecule is CCOCc1ccc(C(=O)N2CCC(c3nn(CCN)c4nccnc34)C2)cc1. The molecular formula is C21H26N6O2. The number of carbonyl (C=O) groups is 1. The Balaban J connectivity index is 1.49. The zero-order chi connectivity index (χ0) is 20.2. The Kier molecular flexibility index (Phi) is 5.82. The molecule has 3 heterocycles. The third-order valence-corrected chi connectivity index (χ3v) is 5.27. The van der Waals surface area contributed by atoms with Gasteiger partial charge in [0.15, 0.2) is 5.65 Å². The molecule has 8 heteroatoms. The van der Waals surface area contributed by atoms with Crippen LogP contribution in [0.5, 0.6) is 0 Å². The number of hydrogen-bond donors (Lipinski definition) is 1. The van der Waals surface area contributed by atoms with Gasteiger partial charge in [0.25, 0.3) is 5.91 Å². The van der Waals surface area contributed by atoms with E-state index in [1.807, 2.05) is 40.8 Å². The Hall–Kier alpha value is -2.84. The quantitative estimate of drug-likeness (QED) is 0.658. The molecule has 0 spiro atoms. The van der Waals surface area contributed by atoms with Gasteiger partial charge in [0.05, 0.1) is 18.8 Å². The van der Waals surface area contributed by atoms with Crippen molar-refractivity contribution >= 4 is 17.1 Å². The molecule has 1 aliphatic rings. The van der Waals surface area contributed by atoms with E-state index in [1.54, 1.807) is 12.4 Å². The number of rotatable bonds is 7. The van der Waals surface area contributed by atoms with Gasteiger partial charge in [0.1, 0.15) is 5.52 Å². The number of fused-ring (bicyclic) bond motifs is 1. The number of nitrogens with zero attached hydrogens (tertiary/aromatic N) is 5. The van der Waals surface area contributed by atoms with Crippen LogP contribution in [0.1, 0.15) is 40.9 Å². The largest absolute Gasteiger partial charge is 0.377 e. The van der Waals surface area contributed by atoms with E-state index in [0.29, 0.717) is 45.0 Å². The van der Waals surface area contributed by atoms with Crippen LogP contribution in [-0.2, 0) is 17.9 Å². The van der Waals surface area contributed by atoms with Gasteiger partial charge in [-0.25, -0.2) is 14.6 Å². The molecule has 0 saturated carbocycles. The van der Waals surface area contributed by atoms with E-state index >= 15 is 0 Å². The molecule has 8 nitrogen and oxygen atoms in total. The van der Waals surface area contributed by atoms with E-state index in [-0.39, 0.29) is 11.8 Å². The van der Waals surface area contributed by atoms with Crippen LogP contribution in [-0.4, -0.2) is 56.8 Å². The number of hydrogen-bond acceptors (Lipinski definition) is 6. The summed E-state index contributed by atoms with van der Waals surface area (Å²) in [7, 11) is 0. The molecule has 0 radical (unpaired) electrons. The maximum atomic E-state index is 12.9. The first-order valence-electron chi connectivity index (χ1n) is 10.0. The fourth-order valence-corrected chi connectivity index (χ4v) is 3.79. The van der Waals surface area contributed by atoms with Crippen molar-refractivity contribution < 1.29 is 9.53 Å². The molecule has 0 aliphatic carbocycles.